The quantitative estimate of drug-likeness (QED) is 0.674. The second-order valence-electron chi connectivity index (χ2n) is 3.86. The predicted octanol–water partition coefficient (Wildman–Crippen LogP) is 1.68. The summed E-state index contributed by atoms with van der Waals surface area (Å²) in [5.41, 5.74) is -0.439. The molecule has 2 N–H and O–H groups in total. The highest BCUT2D eigenvalue weighted by atomic mass is 16.3. The molecule has 1 heterocycles. The Morgan fingerprint density at radius 1 is 1.50 bits per heavy atom. The molecule has 0 amide bonds. The average Bonchev–Trinajstić information content (AvgIpc) is 2.57. The zero-order valence-electron chi connectivity index (χ0n) is 8.27. The van der Waals surface area contributed by atoms with Gasteiger partial charge in [0.05, 0.1) is 5.60 Å². The molecule has 0 saturated carbocycles. The summed E-state index contributed by atoms with van der Waals surface area (Å²) in [5, 5.41) is 13.6. The van der Waals surface area contributed by atoms with Crippen LogP contribution in [0.2, 0.25) is 0 Å². The van der Waals surface area contributed by atoms with Crippen LogP contribution in [-0.2, 0) is 0 Å². The molecule has 0 aromatic rings. The van der Waals surface area contributed by atoms with Gasteiger partial charge in [-0.05, 0) is 32.2 Å². The minimum absolute atomic E-state index is 0.349. The first-order chi connectivity index (χ1) is 5.73. The van der Waals surface area contributed by atoms with Crippen molar-refractivity contribution in [3.05, 3.63) is 0 Å². The smallest absolute Gasteiger partial charge is 0.0797 e. The van der Waals surface area contributed by atoms with E-state index in [1.54, 1.807) is 0 Å². The average molecular weight is 171 g/mol. The van der Waals surface area contributed by atoms with E-state index in [0.29, 0.717) is 6.04 Å². The highest BCUT2D eigenvalue weighted by molar-refractivity contribution is 4.93. The lowest BCUT2D eigenvalue weighted by molar-refractivity contribution is -0.00485. The molecule has 0 spiro atoms. The predicted molar refractivity (Wildman–Crippen MR) is 51.2 cm³/mol. The normalized spacial score (nSPS) is 28.8. The first-order valence-electron chi connectivity index (χ1n) is 5.18. The van der Waals surface area contributed by atoms with Crippen LogP contribution >= 0.6 is 0 Å². The van der Waals surface area contributed by atoms with Crippen molar-refractivity contribution in [2.45, 2.75) is 57.6 Å². The molecule has 1 rings (SSSR count). The Morgan fingerprint density at radius 3 is 2.67 bits per heavy atom. The highest BCUT2D eigenvalue weighted by Crippen LogP contribution is 2.26. The zero-order valence-corrected chi connectivity index (χ0v) is 8.27. The van der Waals surface area contributed by atoms with Crippen LogP contribution in [0.1, 0.15) is 46.0 Å². The van der Waals surface area contributed by atoms with Crippen molar-refractivity contribution in [2.24, 2.45) is 0 Å². The number of aliphatic hydroxyl groups is 1. The van der Waals surface area contributed by atoms with E-state index in [2.05, 4.69) is 19.2 Å². The fourth-order valence-electron chi connectivity index (χ4n) is 2.17. The van der Waals surface area contributed by atoms with Gasteiger partial charge in [-0.1, -0.05) is 20.3 Å². The minimum Gasteiger partial charge on any atom is -0.388 e. The summed E-state index contributed by atoms with van der Waals surface area (Å²) in [4.78, 5) is 0. The van der Waals surface area contributed by atoms with Gasteiger partial charge in [0.2, 0.25) is 0 Å². The van der Waals surface area contributed by atoms with Crippen molar-refractivity contribution in [3.8, 4) is 0 Å². The molecule has 0 bridgehead atoms. The van der Waals surface area contributed by atoms with Crippen LogP contribution in [0.3, 0.4) is 0 Å². The standard InChI is InChI=1S/C10H21NO/c1-3-7-10(12,4-2)9-6-5-8-11-9/h9,11-12H,3-8H2,1-2H3/t9-,10?/m0/s1. The van der Waals surface area contributed by atoms with Gasteiger partial charge in [0.15, 0.2) is 0 Å². The number of hydrogen-bond acceptors (Lipinski definition) is 2. The van der Waals surface area contributed by atoms with E-state index in [1.807, 2.05) is 0 Å². The Morgan fingerprint density at radius 2 is 2.25 bits per heavy atom. The minimum atomic E-state index is -0.439. The lowest BCUT2D eigenvalue weighted by Crippen LogP contribution is -2.47. The monoisotopic (exact) mass is 171 g/mol. The summed E-state index contributed by atoms with van der Waals surface area (Å²) in [6, 6.07) is 0.349. The Hall–Kier alpha value is -0.0800. The second kappa shape index (κ2) is 4.24. The van der Waals surface area contributed by atoms with Crippen molar-refractivity contribution >= 4 is 0 Å². The van der Waals surface area contributed by atoms with Crippen LogP contribution in [0.25, 0.3) is 0 Å². The van der Waals surface area contributed by atoms with E-state index in [4.69, 9.17) is 0 Å². The molecule has 2 heteroatoms. The maximum atomic E-state index is 10.3. The van der Waals surface area contributed by atoms with Crippen LogP contribution in [0.5, 0.6) is 0 Å². The molecule has 0 aromatic carbocycles. The van der Waals surface area contributed by atoms with Gasteiger partial charge in [0.25, 0.3) is 0 Å². The Bertz CT molecular complexity index is 132. The topological polar surface area (TPSA) is 32.3 Å². The molecule has 0 aromatic heterocycles. The molecule has 72 valence electrons. The van der Waals surface area contributed by atoms with Crippen molar-refractivity contribution in [2.75, 3.05) is 6.54 Å². The lowest BCUT2D eigenvalue weighted by Gasteiger charge is -2.33. The summed E-state index contributed by atoms with van der Waals surface area (Å²) < 4.78 is 0. The van der Waals surface area contributed by atoms with E-state index in [1.165, 1.54) is 6.42 Å². The molecule has 0 aliphatic carbocycles. The molecule has 1 saturated heterocycles. The Balaban J connectivity index is 2.51. The summed E-state index contributed by atoms with van der Waals surface area (Å²) in [7, 11) is 0. The van der Waals surface area contributed by atoms with Gasteiger partial charge in [0, 0.05) is 6.04 Å². The maximum Gasteiger partial charge on any atom is 0.0797 e. The number of nitrogens with one attached hydrogen (secondary N) is 1. The third-order valence-corrected chi connectivity index (χ3v) is 3.00. The molecule has 1 aliphatic rings. The van der Waals surface area contributed by atoms with E-state index in [0.717, 1.165) is 32.2 Å². The van der Waals surface area contributed by atoms with Gasteiger partial charge in [-0.25, -0.2) is 0 Å². The van der Waals surface area contributed by atoms with Crippen molar-refractivity contribution in [3.63, 3.8) is 0 Å². The highest BCUT2D eigenvalue weighted by Gasteiger charge is 2.35. The van der Waals surface area contributed by atoms with E-state index >= 15 is 0 Å². The Labute approximate surface area is 75.4 Å². The molecule has 1 fully saturated rings. The van der Waals surface area contributed by atoms with Gasteiger partial charge >= 0.3 is 0 Å². The Kier molecular flexibility index (Phi) is 3.53. The van der Waals surface area contributed by atoms with Crippen LogP contribution in [0, 0.1) is 0 Å². The maximum absolute atomic E-state index is 10.3. The summed E-state index contributed by atoms with van der Waals surface area (Å²) >= 11 is 0. The van der Waals surface area contributed by atoms with Crippen molar-refractivity contribution < 1.29 is 5.11 Å². The van der Waals surface area contributed by atoms with E-state index in [-0.39, 0.29) is 0 Å². The fraction of sp³-hybridized carbons (Fsp3) is 1.00. The van der Waals surface area contributed by atoms with Gasteiger partial charge in [-0.2, -0.15) is 0 Å². The van der Waals surface area contributed by atoms with Gasteiger partial charge < -0.3 is 10.4 Å². The zero-order chi connectivity index (χ0) is 9.03. The van der Waals surface area contributed by atoms with E-state index in [9.17, 15) is 5.11 Å². The molecular weight excluding hydrogens is 150 g/mol. The molecule has 12 heavy (non-hydrogen) atoms. The van der Waals surface area contributed by atoms with Crippen LogP contribution in [0.15, 0.2) is 0 Å². The third-order valence-electron chi connectivity index (χ3n) is 3.00. The van der Waals surface area contributed by atoms with E-state index < -0.39 is 5.60 Å². The largest absolute Gasteiger partial charge is 0.388 e. The van der Waals surface area contributed by atoms with Gasteiger partial charge in [-0.3, -0.25) is 0 Å². The fourth-order valence-corrected chi connectivity index (χ4v) is 2.17. The third kappa shape index (κ3) is 1.99. The summed E-state index contributed by atoms with van der Waals surface area (Å²) in [6.45, 7) is 5.29. The number of hydrogen-bond donors (Lipinski definition) is 2. The lowest BCUT2D eigenvalue weighted by atomic mass is 9.86. The first kappa shape index (κ1) is 10.0. The summed E-state index contributed by atoms with van der Waals surface area (Å²) in [6.07, 6.45) is 5.24. The number of rotatable bonds is 4. The van der Waals surface area contributed by atoms with Crippen molar-refractivity contribution in [1.82, 2.24) is 5.32 Å². The molecule has 2 atom stereocenters. The van der Waals surface area contributed by atoms with Crippen LogP contribution in [0.4, 0.5) is 0 Å². The van der Waals surface area contributed by atoms with Gasteiger partial charge in [-0.15, -0.1) is 0 Å². The van der Waals surface area contributed by atoms with Crippen LogP contribution < -0.4 is 5.32 Å². The first-order valence-corrected chi connectivity index (χ1v) is 5.18. The molecule has 1 aliphatic heterocycles. The summed E-state index contributed by atoms with van der Waals surface area (Å²) in [5.74, 6) is 0. The second-order valence-corrected chi connectivity index (χ2v) is 3.86. The van der Waals surface area contributed by atoms with Gasteiger partial charge in [0.1, 0.15) is 0 Å². The molecule has 2 nitrogen and oxygen atoms in total. The van der Waals surface area contributed by atoms with Crippen molar-refractivity contribution in [1.29, 1.82) is 0 Å². The molecular formula is C10H21NO. The SMILES string of the molecule is CCCC(O)(CC)[C@@H]1CCCN1. The molecule has 1 unspecified atom stereocenters. The van der Waals surface area contributed by atoms with Crippen LogP contribution in [-0.4, -0.2) is 23.3 Å². The molecule has 0 radical (unpaired) electrons.